The van der Waals surface area contributed by atoms with Gasteiger partial charge in [-0.2, -0.15) is 0 Å². The molecular weight excluding hydrogens is 262 g/mol. The van der Waals surface area contributed by atoms with Crippen LogP contribution in [0.1, 0.15) is 0 Å². The Kier molecular flexibility index (Phi) is 3.01. The molecule has 2 aromatic heterocycles. The maximum absolute atomic E-state index is 6.20. The van der Waals surface area contributed by atoms with Gasteiger partial charge in [-0.3, -0.25) is 4.98 Å². The number of halogens is 1. The average molecular weight is 272 g/mol. The van der Waals surface area contributed by atoms with Crippen molar-refractivity contribution in [1.29, 1.82) is 0 Å². The van der Waals surface area contributed by atoms with Gasteiger partial charge in [0.1, 0.15) is 10.9 Å². The third-order valence-corrected chi connectivity index (χ3v) is 3.07. The van der Waals surface area contributed by atoms with Gasteiger partial charge in [-0.25, -0.2) is 9.97 Å². The predicted molar refractivity (Wildman–Crippen MR) is 74.3 cm³/mol. The number of rotatable bonds is 2. The van der Waals surface area contributed by atoms with Crippen LogP contribution in [-0.2, 0) is 0 Å². The highest BCUT2D eigenvalue weighted by atomic mass is 35.5. The number of fused-ring (bicyclic) bond motifs is 1. The first-order valence-electron chi connectivity index (χ1n) is 5.69. The van der Waals surface area contributed by atoms with E-state index in [2.05, 4.69) is 15.0 Å². The summed E-state index contributed by atoms with van der Waals surface area (Å²) >= 11 is 6.20. The van der Waals surface area contributed by atoms with Crippen LogP contribution in [0.2, 0.25) is 5.15 Å². The minimum absolute atomic E-state index is 0.423. The molecule has 0 fully saturated rings. The Morgan fingerprint density at radius 3 is 2.79 bits per heavy atom. The number of hydrogen-bond donors (Lipinski definition) is 0. The van der Waals surface area contributed by atoms with Crippen LogP contribution in [-0.4, -0.2) is 22.1 Å². The molecule has 0 aliphatic heterocycles. The first-order valence-corrected chi connectivity index (χ1v) is 6.07. The van der Waals surface area contributed by atoms with E-state index in [9.17, 15) is 0 Å². The van der Waals surface area contributed by atoms with Gasteiger partial charge in [0.25, 0.3) is 0 Å². The quantitative estimate of drug-likeness (QED) is 0.671. The zero-order valence-electron chi connectivity index (χ0n) is 10.2. The second-order valence-corrected chi connectivity index (χ2v) is 4.32. The van der Waals surface area contributed by atoms with Crippen LogP contribution in [0.15, 0.2) is 42.7 Å². The van der Waals surface area contributed by atoms with Crippen molar-refractivity contribution in [2.45, 2.75) is 0 Å². The van der Waals surface area contributed by atoms with Crippen LogP contribution in [0.25, 0.3) is 22.3 Å². The van der Waals surface area contributed by atoms with E-state index in [1.165, 1.54) is 0 Å². The topological polar surface area (TPSA) is 47.9 Å². The molecule has 0 spiro atoms. The molecule has 0 bridgehead atoms. The van der Waals surface area contributed by atoms with E-state index in [1.54, 1.807) is 19.5 Å². The minimum Gasteiger partial charge on any atom is -0.497 e. The highest BCUT2D eigenvalue weighted by molar-refractivity contribution is 6.34. The van der Waals surface area contributed by atoms with E-state index in [-0.39, 0.29) is 0 Å². The van der Waals surface area contributed by atoms with Crippen LogP contribution in [0, 0.1) is 0 Å². The molecule has 5 heteroatoms. The molecule has 0 atom stereocenters. The zero-order valence-corrected chi connectivity index (χ0v) is 10.9. The summed E-state index contributed by atoms with van der Waals surface area (Å²) in [6, 6.07) is 9.25. The van der Waals surface area contributed by atoms with E-state index in [0.717, 1.165) is 22.2 Å². The van der Waals surface area contributed by atoms with Crippen molar-refractivity contribution in [3.8, 4) is 17.1 Å². The lowest BCUT2D eigenvalue weighted by Crippen LogP contribution is -1.93. The van der Waals surface area contributed by atoms with Crippen LogP contribution >= 0.6 is 11.6 Å². The lowest BCUT2D eigenvalue weighted by atomic mass is 10.2. The number of nitrogens with zero attached hydrogens (tertiary/aromatic N) is 3. The molecule has 0 saturated heterocycles. The molecule has 0 radical (unpaired) electrons. The van der Waals surface area contributed by atoms with Gasteiger partial charge in [-0.05, 0) is 24.3 Å². The summed E-state index contributed by atoms with van der Waals surface area (Å²) in [6.45, 7) is 0. The SMILES string of the molecule is COc1ccc2c(Cl)nc(-c3cccnc3)nc2c1. The molecule has 19 heavy (non-hydrogen) atoms. The highest BCUT2D eigenvalue weighted by Crippen LogP contribution is 2.27. The fraction of sp³-hybridized carbons (Fsp3) is 0.0714. The standard InChI is InChI=1S/C14H10ClN3O/c1-19-10-4-5-11-12(7-10)17-14(18-13(11)15)9-3-2-6-16-8-9/h2-8H,1H3. The Hall–Kier alpha value is -2.20. The van der Waals surface area contributed by atoms with Crippen molar-refractivity contribution >= 4 is 22.5 Å². The van der Waals surface area contributed by atoms with E-state index in [0.29, 0.717) is 11.0 Å². The number of ether oxygens (including phenoxy) is 1. The van der Waals surface area contributed by atoms with Gasteiger partial charge in [-0.15, -0.1) is 0 Å². The molecule has 0 N–H and O–H groups in total. The maximum Gasteiger partial charge on any atom is 0.163 e. The number of benzene rings is 1. The fourth-order valence-corrected chi connectivity index (χ4v) is 2.06. The van der Waals surface area contributed by atoms with E-state index in [4.69, 9.17) is 16.3 Å². The summed E-state index contributed by atoms with van der Waals surface area (Å²) in [5.74, 6) is 1.29. The summed E-state index contributed by atoms with van der Waals surface area (Å²) in [5, 5.41) is 1.22. The first-order chi connectivity index (χ1) is 9.28. The Morgan fingerprint density at radius 2 is 2.05 bits per heavy atom. The molecule has 3 rings (SSSR count). The molecule has 0 saturated carbocycles. The summed E-state index contributed by atoms with van der Waals surface area (Å²) in [7, 11) is 1.62. The number of pyridine rings is 1. The lowest BCUT2D eigenvalue weighted by Gasteiger charge is -2.06. The van der Waals surface area contributed by atoms with Gasteiger partial charge in [0.15, 0.2) is 5.82 Å². The molecule has 0 aliphatic rings. The molecule has 1 aromatic carbocycles. The monoisotopic (exact) mass is 271 g/mol. The summed E-state index contributed by atoms with van der Waals surface area (Å²) < 4.78 is 5.19. The largest absolute Gasteiger partial charge is 0.497 e. The second kappa shape index (κ2) is 4.82. The zero-order chi connectivity index (χ0) is 13.2. The van der Waals surface area contributed by atoms with E-state index >= 15 is 0 Å². The molecule has 0 aliphatic carbocycles. The number of hydrogen-bond acceptors (Lipinski definition) is 4. The molecule has 0 amide bonds. The van der Waals surface area contributed by atoms with Crippen molar-refractivity contribution < 1.29 is 4.74 Å². The third-order valence-electron chi connectivity index (χ3n) is 2.78. The molecule has 0 unspecified atom stereocenters. The van der Waals surface area contributed by atoms with Crippen LogP contribution < -0.4 is 4.74 Å². The van der Waals surface area contributed by atoms with Crippen molar-refractivity contribution in [1.82, 2.24) is 15.0 Å². The first kappa shape index (κ1) is 11.9. The van der Waals surface area contributed by atoms with Gasteiger partial charge >= 0.3 is 0 Å². The summed E-state index contributed by atoms with van der Waals surface area (Å²) in [4.78, 5) is 12.9. The van der Waals surface area contributed by atoms with E-state index in [1.807, 2.05) is 30.3 Å². The second-order valence-electron chi connectivity index (χ2n) is 3.96. The number of aromatic nitrogens is 3. The van der Waals surface area contributed by atoms with Crippen LogP contribution in [0.5, 0.6) is 5.75 Å². The molecule has 94 valence electrons. The van der Waals surface area contributed by atoms with Gasteiger partial charge < -0.3 is 4.74 Å². The third kappa shape index (κ3) is 2.22. The maximum atomic E-state index is 6.20. The summed E-state index contributed by atoms with van der Waals surface area (Å²) in [5.41, 5.74) is 1.58. The lowest BCUT2D eigenvalue weighted by molar-refractivity contribution is 0.415. The molecule has 4 nitrogen and oxygen atoms in total. The highest BCUT2D eigenvalue weighted by Gasteiger charge is 2.08. The average Bonchev–Trinajstić information content (AvgIpc) is 2.47. The smallest absolute Gasteiger partial charge is 0.163 e. The Balaban J connectivity index is 2.23. The Labute approximate surface area is 115 Å². The number of methoxy groups -OCH3 is 1. The van der Waals surface area contributed by atoms with Gasteiger partial charge in [0.2, 0.25) is 0 Å². The summed E-state index contributed by atoms with van der Waals surface area (Å²) in [6.07, 6.45) is 3.41. The predicted octanol–water partition coefficient (Wildman–Crippen LogP) is 3.35. The van der Waals surface area contributed by atoms with Gasteiger partial charge in [-0.1, -0.05) is 11.6 Å². The van der Waals surface area contributed by atoms with Crippen molar-refractivity contribution in [2.24, 2.45) is 0 Å². The molecular formula is C14H10ClN3O. The van der Waals surface area contributed by atoms with Crippen molar-refractivity contribution in [2.75, 3.05) is 7.11 Å². The van der Waals surface area contributed by atoms with Crippen LogP contribution in [0.3, 0.4) is 0 Å². The van der Waals surface area contributed by atoms with Crippen molar-refractivity contribution in [3.63, 3.8) is 0 Å². The van der Waals surface area contributed by atoms with E-state index < -0.39 is 0 Å². The normalized spacial score (nSPS) is 10.6. The van der Waals surface area contributed by atoms with Gasteiger partial charge in [0, 0.05) is 29.4 Å². The molecule has 2 heterocycles. The Bertz CT molecular complexity index is 731. The van der Waals surface area contributed by atoms with Gasteiger partial charge in [0.05, 0.1) is 12.6 Å². The van der Waals surface area contributed by atoms with Crippen molar-refractivity contribution in [3.05, 3.63) is 47.9 Å². The minimum atomic E-state index is 0.423. The molecule has 3 aromatic rings. The fourth-order valence-electron chi connectivity index (χ4n) is 1.82. The van der Waals surface area contributed by atoms with Crippen LogP contribution in [0.4, 0.5) is 0 Å². The Morgan fingerprint density at radius 1 is 1.16 bits per heavy atom.